The Labute approximate surface area is 98.9 Å². The van der Waals surface area contributed by atoms with Crippen LogP contribution in [0.25, 0.3) is 16.9 Å². The van der Waals surface area contributed by atoms with E-state index in [9.17, 15) is 5.11 Å². The van der Waals surface area contributed by atoms with E-state index >= 15 is 0 Å². The molecule has 2 N–H and O–H groups in total. The molecular formula is C14H13NO2. The topological polar surface area (TPSA) is 57.2 Å². The fourth-order valence-electron chi connectivity index (χ4n) is 2.33. The van der Waals surface area contributed by atoms with Crippen LogP contribution >= 0.6 is 0 Å². The third-order valence-corrected chi connectivity index (χ3v) is 3.19. The molecule has 0 aromatic rings. The van der Waals surface area contributed by atoms with E-state index in [1.165, 1.54) is 0 Å². The Morgan fingerprint density at radius 3 is 2.94 bits per heavy atom. The summed E-state index contributed by atoms with van der Waals surface area (Å²) in [6.07, 6.45) is 4.00. The van der Waals surface area contributed by atoms with Gasteiger partial charge in [0.05, 0.1) is 11.6 Å². The number of benzene rings is 1. The van der Waals surface area contributed by atoms with Gasteiger partial charge in [-0.3, -0.25) is 0 Å². The SMILES string of the molecule is N=c1ccc2cc3c(oc-2c1)C(=CO)CCC3. The Hall–Kier alpha value is -2.03. The van der Waals surface area contributed by atoms with E-state index in [-0.39, 0.29) is 0 Å². The predicted octanol–water partition coefficient (Wildman–Crippen LogP) is 3.10. The van der Waals surface area contributed by atoms with E-state index in [1.807, 2.05) is 6.07 Å². The van der Waals surface area contributed by atoms with Crippen molar-refractivity contribution in [1.29, 1.82) is 5.41 Å². The molecule has 3 rings (SSSR count). The van der Waals surface area contributed by atoms with Crippen LogP contribution in [0.3, 0.4) is 0 Å². The van der Waals surface area contributed by atoms with Crippen LogP contribution in [0.2, 0.25) is 0 Å². The minimum absolute atomic E-state index is 0.437. The van der Waals surface area contributed by atoms with Crippen LogP contribution in [0.15, 0.2) is 34.9 Å². The van der Waals surface area contributed by atoms with Gasteiger partial charge in [-0.15, -0.1) is 0 Å². The van der Waals surface area contributed by atoms with Gasteiger partial charge in [0, 0.05) is 17.2 Å². The lowest BCUT2D eigenvalue weighted by Gasteiger charge is -2.19. The number of fused-ring (bicyclic) bond motifs is 2. The van der Waals surface area contributed by atoms with Crippen molar-refractivity contribution < 1.29 is 9.52 Å². The first-order valence-electron chi connectivity index (χ1n) is 5.73. The maximum atomic E-state index is 9.21. The minimum Gasteiger partial charge on any atom is -0.515 e. The van der Waals surface area contributed by atoms with Gasteiger partial charge in [0.1, 0.15) is 11.5 Å². The molecule has 1 heterocycles. The molecule has 2 aliphatic carbocycles. The van der Waals surface area contributed by atoms with Crippen LogP contribution in [0.4, 0.5) is 0 Å². The average Bonchev–Trinajstić information content (AvgIpc) is 2.35. The highest BCUT2D eigenvalue weighted by atomic mass is 16.3. The quantitative estimate of drug-likeness (QED) is 0.679. The molecule has 3 aliphatic rings. The molecule has 0 amide bonds. The Balaban J connectivity index is 2.30. The van der Waals surface area contributed by atoms with Crippen molar-refractivity contribution in [2.75, 3.05) is 0 Å². The molecule has 0 bridgehead atoms. The molecule has 0 atom stereocenters. The Bertz CT molecular complexity index is 625. The number of nitrogens with one attached hydrogen (secondary N) is 1. The summed E-state index contributed by atoms with van der Waals surface area (Å²) < 4.78 is 5.82. The molecule has 0 aromatic heterocycles. The van der Waals surface area contributed by atoms with Crippen molar-refractivity contribution in [1.82, 2.24) is 0 Å². The summed E-state index contributed by atoms with van der Waals surface area (Å²) in [6.45, 7) is 0. The van der Waals surface area contributed by atoms with E-state index in [4.69, 9.17) is 9.83 Å². The first kappa shape index (κ1) is 10.1. The van der Waals surface area contributed by atoms with Gasteiger partial charge in [0.25, 0.3) is 0 Å². The molecule has 0 aromatic carbocycles. The largest absolute Gasteiger partial charge is 0.515 e. The molecular weight excluding hydrogens is 214 g/mol. The number of aliphatic hydroxyl groups excluding tert-OH is 1. The summed E-state index contributed by atoms with van der Waals surface area (Å²) in [7, 11) is 0. The van der Waals surface area contributed by atoms with Crippen molar-refractivity contribution in [2.24, 2.45) is 0 Å². The highest BCUT2D eigenvalue weighted by Crippen LogP contribution is 2.35. The lowest BCUT2D eigenvalue weighted by molar-refractivity contribution is 0.464. The molecule has 0 spiro atoms. The first-order chi connectivity index (χ1) is 8.28. The van der Waals surface area contributed by atoms with Crippen molar-refractivity contribution >= 4 is 5.57 Å². The highest BCUT2D eigenvalue weighted by molar-refractivity contribution is 5.69. The lowest BCUT2D eigenvalue weighted by Crippen LogP contribution is -2.05. The van der Waals surface area contributed by atoms with Crippen molar-refractivity contribution in [3.63, 3.8) is 0 Å². The molecule has 0 saturated carbocycles. The summed E-state index contributed by atoms with van der Waals surface area (Å²) in [5.74, 6) is 1.48. The standard InChI is InChI=1S/C14H13NO2/c15-12-5-4-9-6-10-2-1-3-11(8-16)14(10)17-13(9)7-12/h4-8,15-16H,1-3H2. The summed E-state index contributed by atoms with van der Waals surface area (Å²) in [4.78, 5) is 0. The Morgan fingerprint density at radius 2 is 2.12 bits per heavy atom. The second kappa shape index (κ2) is 3.77. The predicted molar refractivity (Wildman–Crippen MR) is 64.7 cm³/mol. The van der Waals surface area contributed by atoms with Gasteiger partial charge in [0.15, 0.2) is 0 Å². The maximum absolute atomic E-state index is 9.21. The zero-order chi connectivity index (χ0) is 11.8. The number of hydrogen-bond acceptors (Lipinski definition) is 3. The van der Waals surface area contributed by atoms with Gasteiger partial charge in [-0.05, 0) is 43.0 Å². The molecule has 0 fully saturated rings. The third kappa shape index (κ3) is 1.64. The molecule has 0 unspecified atom stereocenters. The van der Waals surface area contributed by atoms with Gasteiger partial charge in [0.2, 0.25) is 0 Å². The zero-order valence-corrected chi connectivity index (χ0v) is 9.36. The van der Waals surface area contributed by atoms with Crippen molar-refractivity contribution in [3.8, 4) is 11.3 Å². The fourth-order valence-corrected chi connectivity index (χ4v) is 2.33. The van der Waals surface area contributed by atoms with Crippen LogP contribution in [0, 0.1) is 5.41 Å². The van der Waals surface area contributed by atoms with E-state index in [2.05, 4.69) is 6.07 Å². The zero-order valence-electron chi connectivity index (χ0n) is 9.36. The molecule has 86 valence electrons. The molecule has 3 heteroatoms. The number of hydrogen-bond donors (Lipinski definition) is 2. The second-order valence-corrected chi connectivity index (χ2v) is 4.36. The lowest BCUT2D eigenvalue weighted by atomic mass is 9.91. The number of aliphatic hydroxyl groups is 1. The van der Waals surface area contributed by atoms with Crippen LogP contribution in [0.5, 0.6) is 0 Å². The highest BCUT2D eigenvalue weighted by Gasteiger charge is 2.19. The van der Waals surface area contributed by atoms with E-state index < -0.39 is 0 Å². The van der Waals surface area contributed by atoms with E-state index in [0.717, 1.165) is 48.0 Å². The van der Waals surface area contributed by atoms with Gasteiger partial charge in [-0.2, -0.15) is 0 Å². The summed E-state index contributed by atoms with van der Waals surface area (Å²) in [5.41, 5.74) is 3.00. The summed E-state index contributed by atoms with van der Waals surface area (Å²) >= 11 is 0. The van der Waals surface area contributed by atoms with Gasteiger partial charge >= 0.3 is 0 Å². The van der Waals surface area contributed by atoms with E-state index in [0.29, 0.717) is 11.1 Å². The Kier molecular flexibility index (Phi) is 2.25. The fraction of sp³-hybridized carbons (Fsp3) is 0.214. The normalized spacial score (nSPS) is 17.3. The molecule has 1 aliphatic heterocycles. The minimum atomic E-state index is 0.437. The van der Waals surface area contributed by atoms with Gasteiger partial charge in [-0.25, -0.2) is 0 Å². The van der Waals surface area contributed by atoms with Crippen LogP contribution in [-0.2, 0) is 6.42 Å². The van der Waals surface area contributed by atoms with Crippen molar-refractivity contribution in [2.45, 2.75) is 19.3 Å². The smallest absolute Gasteiger partial charge is 0.136 e. The average molecular weight is 227 g/mol. The molecule has 0 saturated heterocycles. The number of allylic oxidation sites excluding steroid dienone is 1. The molecule has 17 heavy (non-hydrogen) atoms. The summed E-state index contributed by atoms with van der Waals surface area (Å²) in [6, 6.07) is 7.46. The van der Waals surface area contributed by atoms with Gasteiger partial charge in [-0.1, -0.05) is 0 Å². The third-order valence-electron chi connectivity index (χ3n) is 3.19. The Morgan fingerprint density at radius 1 is 1.24 bits per heavy atom. The maximum Gasteiger partial charge on any atom is 0.136 e. The van der Waals surface area contributed by atoms with Crippen LogP contribution in [-0.4, -0.2) is 5.11 Å². The molecule has 0 radical (unpaired) electrons. The number of aryl methyl sites for hydroxylation is 1. The van der Waals surface area contributed by atoms with Gasteiger partial charge < -0.3 is 14.9 Å². The van der Waals surface area contributed by atoms with Crippen LogP contribution < -0.4 is 5.36 Å². The van der Waals surface area contributed by atoms with E-state index in [1.54, 1.807) is 12.1 Å². The van der Waals surface area contributed by atoms with Crippen LogP contribution in [0.1, 0.15) is 24.2 Å². The molecule has 3 nitrogen and oxygen atoms in total. The number of rotatable bonds is 0. The first-order valence-corrected chi connectivity index (χ1v) is 5.73. The van der Waals surface area contributed by atoms with Crippen molar-refractivity contribution in [3.05, 3.63) is 47.2 Å². The summed E-state index contributed by atoms with van der Waals surface area (Å²) in [5, 5.41) is 17.2. The monoisotopic (exact) mass is 227 g/mol. The second-order valence-electron chi connectivity index (χ2n) is 4.36.